The Hall–Kier alpha value is -3.32. The first kappa shape index (κ1) is 19.4. The topological polar surface area (TPSA) is 73.8 Å². The van der Waals surface area contributed by atoms with E-state index >= 15 is 0 Å². The fourth-order valence-corrected chi connectivity index (χ4v) is 2.75. The van der Waals surface area contributed by atoms with Gasteiger partial charge in [0.05, 0.1) is 19.2 Å². The molecule has 0 saturated carbocycles. The highest BCUT2D eigenvalue weighted by Gasteiger charge is 2.18. The Kier molecular flexibility index (Phi) is 5.96. The molecule has 0 bridgehead atoms. The number of ether oxygens (including phenoxy) is 3. The molecule has 3 rings (SSSR count). The summed E-state index contributed by atoms with van der Waals surface area (Å²) in [4.78, 5) is 22.1. The van der Waals surface area contributed by atoms with Gasteiger partial charge in [0.25, 0.3) is 0 Å². The van der Waals surface area contributed by atoms with E-state index in [1.54, 1.807) is 31.6 Å². The van der Waals surface area contributed by atoms with E-state index in [4.69, 9.17) is 25.8 Å². The molecule has 0 atom stereocenters. The van der Waals surface area contributed by atoms with E-state index in [1.165, 1.54) is 31.5 Å². The SMILES string of the molecule is COc1cc(OC)c(OC(=O)N(C)c2cccc(-c3cncnc3)c2)cc1Cl. The van der Waals surface area contributed by atoms with Crippen molar-refractivity contribution < 1.29 is 19.0 Å². The van der Waals surface area contributed by atoms with Gasteiger partial charge in [0.15, 0.2) is 11.5 Å². The molecule has 0 saturated heterocycles. The van der Waals surface area contributed by atoms with E-state index in [9.17, 15) is 4.79 Å². The fraction of sp³-hybridized carbons (Fsp3) is 0.150. The van der Waals surface area contributed by atoms with E-state index in [0.717, 1.165) is 11.1 Å². The summed E-state index contributed by atoms with van der Waals surface area (Å²) >= 11 is 6.13. The van der Waals surface area contributed by atoms with Crippen LogP contribution in [-0.2, 0) is 0 Å². The minimum atomic E-state index is -0.596. The maximum atomic E-state index is 12.6. The monoisotopic (exact) mass is 399 g/mol. The van der Waals surface area contributed by atoms with Crippen LogP contribution in [0.1, 0.15) is 0 Å². The number of anilines is 1. The normalized spacial score (nSPS) is 10.3. The van der Waals surface area contributed by atoms with Gasteiger partial charge in [0.1, 0.15) is 12.1 Å². The number of nitrogens with zero attached hydrogens (tertiary/aromatic N) is 3. The van der Waals surface area contributed by atoms with Crippen molar-refractivity contribution in [3.8, 4) is 28.4 Å². The lowest BCUT2D eigenvalue weighted by Gasteiger charge is -2.19. The third kappa shape index (κ3) is 4.15. The maximum Gasteiger partial charge on any atom is 0.419 e. The molecular formula is C20H18ClN3O4. The summed E-state index contributed by atoms with van der Waals surface area (Å²) in [6, 6.07) is 10.4. The number of benzene rings is 2. The highest BCUT2D eigenvalue weighted by atomic mass is 35.5. The quantitative estimate of drug-likeness (QED) is 0.631. The molecule has 8 heteroatoms. The molecule has 3 aromatic rings. The number of methoxy groups -OCH3 is 2. The van der Waals surface area contributed by atoms with Crippen molar-refractivity contribution in [3.63, 3.8) is 0 Å². The van der Waals surface area contributed by atoms with Gasteiger partial charge in [-0.1, -0.05) is 23.7 Å². The lowest BCUT2D eigenvalue weighted by atomic mass is 10.1. The summed E-state index contributed by atoms with van der Waals surface area (Å²) in [6.45, 7) is 0. The first-order chi connectivity index (χ1) is 13.5. The van der Waals surface area contributed by atoms with Gasteiger partial charge in [0, 0.05) is 42.8 Å². The molecule has 144 valence electrons. The van der Waals surface area contributed by atoms with Crippen molar-refractivity contribution in [1.29, 1.82) is 0 Å². The van der Waals surface area contributed by atoms with Crippen molar-refractivity contribution in [1.82, 2.24) is 9.97 Å². The summed E-state index contributed by atoms with van der Waals surface area (Å²) in [5, 5.41) is 0.305. The number of hydrogen-bond acceptors (Lipinski definition) is 6. The van der Waals surface area contributed by atoms with Gasteiger partial charge in [-0.3, -0.25) is 4.90 Å². The molecule has 0 aliphatic carbocycles. The van der Waals surface area contributed by atoms with Gasteiger partial charge in [0.2, 0.25) is 0 Å². The Morgan fingerprint density at radius 2 is 1.68 bits per heavy atom. The molecule has 2 aromatic carbocycles. The number of rotatable bonds is 5. The molecule has 0 aliphatic heterocycles. The zero-order chi connectivity index (χ0) is 20.1. The predicted octanol–water partition coefficient (Wildman–Crippen LogP) is 4.45. The Morgan fingerprint density at radius 3 is 2.36 bits per heavy atom. The lowest BCUT2D eigenvalue weighted by molar-refractivity contribution is 0.207. The molecule has 0 fully saturated rings. The average Bonchev–Trinajstić information content (AvgIpc) is 2.74. The molecule has 0 spiro atoms. The summed E-state index contributed by atoms with van der Waals surface area (Å²) in [6.07, 6.45) is 4.27. The van der Waals surface area contributed by atoms with E-state index in [1.807, 2.05) is 18.2 Å². The van der Waals surface area contributed by atoms with Crippen LogP contribution in [0, 0.1) is 0 Å². The van der Waals surface area contributed by atoms with Gasteiger partial charge in [-0.15, -0.1) is 0 Å². The summed E-state index contributed by atoms with van der Waals surface area (Å²) in [5.41, 5.74) is 2.36. The van der Waals surface area contributed by atoms with Gasteiger partial charge in [-0.2, -0.15) is 0 Å². The Bertz CT molecular complexity index is 982. The van der Waals surface area contributed by atoms with Crippen LogP contribution in [0.5, 0.6) is 17.2 Å². The molecule has 0 unspecified atom stereocenters. The molecule has 0 N–H and O–H groups in total. The van der Waals surface area contributed by atoms with E-state index in [0.29, 0.717) is 22.2 Å². The first-order valence-electron chi connectivity index (χ1n) is 8.26. The van der Waals surface area contributed by atoms with Crippen molar-refractivity contribution in [3.05, 3.63) is 60.1 Å². The van der Waals surface area contributed by atoms with Crippen LogP contribution in [0.2, 0.25) is 5.02 Å². The Balaban J connectivity index is 1.83. The van der Waals surface area contributed by atoms with Crippen molar-refractivity contribution in [2.24, 2.45) is 0 Å². The third-order valence-electron chi connectivity index (χ3n) is 4.04. The second-order valence-corrected chi connectivity index (χ2v) is 6.15. The largest absolute Gasteiger partial charge is 0.495 e. The van der Waals surface area contributed by atoms with Crippen LogP contribution < -0.4 is 19.1 Å². The van der Waals surface area contributed by atoms with Crippen LogP contribution in [-0.4, -0.2) is 37.3 Å². The standard InChI is InChI=1S/C20H18ClN3O4/c1-24(15-6-4-5-13(7-15)14-10-22-12-23-11-14)20(25)28-19-8-16(21)17(26-2)9-18(19)27-3/h4-12H,1-3H3. The Morgan fingerprint density at radius 1 is 0.964 bits per heavy atom. The number of amides is 1. The number of carbonyl (C=O) groups excluding carboxylic acids is 1. The third-order valence-corrected chi connectivity index (χ3v) is 4.33. The van der Waals surface area contributed by atoms with E-state index < -0.39 is 6.09 Å². The molecule has 7 nitrogen and oxygen atoms in total. The smallest absolute Gasteiger partial charge is 0.419 e. The van der Waals surface area contributed by atoms with Gasteiger partial charge < -0.3 is 14.2 Å². The van der Waals surface area contributed by atoms with Gasteiger partial charge in [-0.25, -0.2) is 14.8 Å². The van der Waals surface area contributed by atoms with Crippen molar-refractivity contribution in [2.45, 2.75) is 0 Å². The van der Waals surface area contributed by atoms with Gasteiger partial charge >= 0.3 is 6.09 Å². The minimum Gasteiger partial charge on any atom is -0.495 e. The number of aromatic nitrogens is 2. The van der Waals surface area contributed by atoms with Crippen LogP contribution in [0.3, 0.4) is 0 Å². The lowest BCUT2D eigenvalue weighted by Crippen LogP contribution is -2.29. The zero-order valence-electron chi connectivity index (χ0n) is 15.5. The molecule has 28 heavy (non-hydrogen) atoms. The van der Waals surface area contributed by atoms with Crippen LogP contribution >= 0.6 is 11.6 Å². The predicted molar refractivity (Wildman–Crippen MR) is 106 cm³/mol. The first-order valence-corrected chi connectivity index (χ1v) is 8.63. The van der Waals surface area contributed by atoms with Crippen LogP contribution in [0.25, 0.3) is 11.1 Å². The molecule has 1 amide bonds. The summed E-state index contributed by atoms with van der Waals surface area (Å²) in [5.74, 6) is 0.945. The molecule has 1 aromatic heterocycles. The fourth-order valence-electron chi connectivity index (χ4n) is 2.52. The highest BCUT2D eigenvalue weighted by Crippen LogP contribution is 2.38. The molecule has 0 aliphatic rings. The second kappa shape index (κ2) is 8.58. The van der Waals surface area contributed by atoms with E-state index in [2.05, 4.69) is 9.97 Å². The summed E-state index contributed by atoms with van der Waals surface area (Å²) < 4.78 is 15.9. The van der Waals surface area contributed by atoms with Gasteiger partial charge in [-0.05, 0) is 17.7 Å². The number of hydrogen-bond donors (Lipinski definition) is 0. The molecule has 0 radical (unpaired) electrons. The van der Waals surface area contributed by atoms with Crippen molar-refractivity contribution in [2.75, 3.05) is 26.2 Å². The van der Waals surface area contributed by atoms with E-state index in [-0.39, 0.29) is 5.75 Å². The van der Waals surface area contributed by atoms with Crippen molar-refractivity contribution >= 4 is 23.4 Å². The highest BCUT2D eigenvalue weighted by molar-refractivity contribution is 6.32. The number of carbonyl (C=O) groups is 1. The second-order valence-electron chi connectivity index (χ2n) is 5.74. The Labute approximate surface area is 167 Å². The minimum absolute atomic E-state index is 0.192. The zero-order valence-corrected chi connectivity index (χ0v) is 16.3. The molecule has 1 heterocycles. The number of halogens is 1. The average molecular weight is 400 g/mol. The van der Waals surface area contributed by atoms with Crippen LogP contribution in [0.15, 0.2) is 55.1 Å². The molecular weight excluding hydrogens is 382 g/mol. The van der Waals surface area contributed by atoms with Crippen LogP contribution in [0.4, 0.5) is 10.5 Å². The summed E-state index contributed by atoms with van der Waals surface area (Å²) in [7, 11) is 4.57. The maximum absolute atomic E-state index is 12.6.